The minimum absolute atomic E-state index is 0.0627. The highest BCUT2D eigenvalue weighted by molar-refractivity contribution is 6.01. The molecule has 136 valence electrons. The van der Waals surface area contributed by atoms with Crippen LogP contribution in [0, 0.1) is 5.41 Å². The summed E-state index contributed by atoms with van der Waals surface area (Å²) in [5, 5.41) is 7.75. The van der Waals surface area contributed by atoms with Crippen molar-refractivity contribution >= 4 is 11.7 Å². The van der Waals surface area contributed by atoms with E-state index in [2.05, 4.69) is 50.1 Å². The molecule has 2 aliphatic rings. The lowest BCUT2D eigenvalue weighted by Crippen LogP contribution is -2.34. The average molecular weight is 351 g/mol. The Morgan fingerprint density at radius 3 is 2.69 bits per heavy atom. The Bertz CT molecular complexity index is 901. The van der Waals surface area contributed by atoms with Gasteiger partial charge in [0.25, 0.3) is 0 Å². The molecule has 0 bridgehead atoms. The number of nitrogens with one attached hydrogen (secondary N) is 1. The minimum atomic E-state index is -0.186. The van der Waals surface area contributed by atoms with E-state index in [1.54, 1.807) is 6.20 Å². The summed E-state index contributed by atoms with van der Waals surface area (Å²) in [4.78, 5) is 17.4. The Balaban J connectivity index is 1.96. The minimum Gasteiger partial charge on any atom is -0.338 e. The molecule has 4 rings (SSSR count). The molecule has 2 aromatic rings. The van der Waals surface area contributed by atoms with Crippen molar-refractivity contribution in [1.82, 2.24) is 10.1 Å². The summed E-state index contributed by atoms with van der Waals surface area (Å²) in [6, 6.07) is 3.95. The summed E-state index contributed by atoms with van der Waals surface area (Å²) >= 11 is 0. The second-order valence-corrected chi connectivity index (χ2v) is 9.20. The Labute approximate surface area is 153 Å². The Morgan fingerprint density at radius 2 is 2.04 bits per heavy atom. The van der Waals surface area contributed by atoms with Gasteiger partial charge in [-0.2, -0.15) is 0 Å². The molecule has 0 amide bonds. The van der Waals surface area contributed by atoms with Gasteiger partial charge in [-0.05, 0) is 23.5 Å². The molecule has 0 spiro atoms. The molecule has 2 aromatic heterocycles. The highest BCUT2D eigenvalue weighted by atomic mass is 16.5. The molecule has 5 nitrogen and oxygen atoms in total. The molecule has 1 aliphatic carbocycles. The Kier molecular flexibility index (Phi) is 3.62. The van der Waals surface area contributed by atoms with Gasteiger partial charge in [0, 0.05) is 41.4 Å². The zero-order chi connectivity index (χ0) is 18.7. The largest absolute Gasteiger partial charge is 0.338 e. The average Bonchev–Trinajstić information content (AvgIpc) is 2.96. The summed E-state index contributed by atoms with van der Waals surface area (Å²) in [5.41, 5.74) is 4.42. The lowest BCUT2D eigenvalue weighted by Gasteiger charge is -2.38. The maximum atomic E-state index is 13.2. The maximum absolute atomic E-state index is 13.2. The van der Waals surface area contributed by atoms with Crippen LogP contribution in [0.3, 0.4) is 0 Å². The predicted molar refractivity (Wildman–Crippen MR) is 100.0 cm³/mol. The number of ketones is 1. The third-order valence-electron chi connectivity index (χ3n) is 5.22. The number of carbonyl (C=O) groups is 1. The molecule has 1 unspecified atom stereocenters. The van der Waals surface area contributed by atoms with Crippen LogP contribution in [0.15, 0.2) is 40.3 Å². The Morgan fingerprint density at radius 1 is 1.27 bits per heavy atom. The first-order valence-electron chi connectivity index (χ1n) is 9.11. The fourth-order valence-corrected chi connectivity index (χ4v) is 4.14. The smallest absolute Gasteiger partial charge is 0.233 e. The molecule has 0 radical (unpaired) electrons. The SMILES string of the molecule is CC1(C)CC(=O)C2=C(C1)Nc1onc(C(C)(C)C)c1C2c1cccnc1. The Hall–Kier alpha value is -2.43. The van der Waals surface area contributed by atoms with E-state index in [1.165, 1.54) is 0 Å². The van der Waals surface area contributed by atoms with Crippen molar-refractivity contribution in [3.63, 3.8) is 0 Å². The monoisotopic (exact) mass is 351 g/mol. The van der Waals surface area contributed by atoms with Crippen LogP contribution in [0.1, 0.15) is 70.2 Å². The number of nitrogens with zero attached hydrogens (tertiary/aromatic N) is 2. The first-order valence-corrected chi connectivity index (χ1v) is 9.11. The van der Waals surface area contributed by atoms with Gasteiger partial charge in [0.05, 0.1) is 11.3 Å². The van der Waals surface area contributed by atoms with Gasteiger partial charge in [-0.3, -0.25) is 9.78 Å². The molecule has 1 atom stereocenters. The zero-order valence-corrected chi connectivity index (χ0v) is 16.0. The van der Waals surface area contributed by atoms with E-state index in [1.807, 2.05) is 18.3 Å². The molecular weight excluding hydrogens is 326 g/mol. The molecule has 0 saturated heterocycles. The molecule has 5 heteroatoms. The van der Waals surface area contributed by atoms with Crippen molar-refractivity contribution in [1.29, 1.82) is 0 Å². The van der Waals surface area contributed by atoms with Gasteiger partial charge >= 0.3 is 0 Å². The quantitative estimate of drug-likeness (QED) is 0.815. The van der Waals surface area contributed by atoms with Crippen molar-refractivity contribution in [2.45, 2.75) is 58.8 Å². The van der Waals surface area contributed by atoms with Crippen LogP contribution in [0.4, 0.5) is 5.88 Å². The van der Waals surface area contributed by atoms with Crippen LogP contribution in [0.5, 0.6) is 0 Å². The lowest BCUT2D eigenvalue weighted by atomic mass is 9.68. The number of Topliss-reactive ketones (excluding diaryl/α,β-unsaturated/α-hetero) is 1. The fraction of sp³-hybridized carbons (Fsp3) is 0.476. The van der Waals surface area contributed by atoms with Gasteiger partial charge in [0.2, 0.25) is 5.88 Å². The van der Waals surface area contributed by atoms with Crippen LogP contribution in [-0.4, -0.2) is 15.9 Å². The van der Waals surface area contributed by atoms with E-state index < -0.39 is 0 Å². The van der Waals surface area contributed by atoms with Crippen LogP contribution in [-0.2, 0) is 10.2 Å². The molecule has 0 saturated carbocycles. The highest BCUT2D eigenvalue weighted by Crippen LogP contribution is 2.51. The van der Waals surface area contributed by atoms with Crippen molar-refractivity contribution < 1.29 is 9.32 Å². The molecule has 1 N–H and O–H groups in total. The number of hydrogen-bond acceptors (Lipinski definition) is 5. The molecule has 1 aliphatic heterocycles. The summed E-state index contributed by atoms with van der Waals surface area (Å²) in [6.45, 7) is 10.6. The first-order chi connectivity index (χ1) is 12.2. The second-order valence-electron chi connectivity index (χ2n) is 9.20. The number of pyridine rings is 1. The van der Waals surface area contributed by atoms with Crippen LogP contribution >= 0.6 is 0 Å². The van der Waals surface area contributed by atoms with Gasteiger partial charge in [0.1, 0.15) is 0 Å². The second kappa shape index (κ2) is 5.53. The standard InChI is InChI=1S/C21H25N3O2/c1-20(2,3)18-17-15(12-7-6-8-22-11-12)16-13(23-19(17)26-24-18)9-21(4,5)10-14(16)25/h6-8,11,15,23H,9-10H2,1-5H3. The van der Waals surface area contributed by atoms with Crippen LogP contribution < -0.4 is 5.32 Å². The van der Waals surface area contributed by atoms with E-state index in [9.17, 15) is 4.79 Å². The highest BCUT2D eigenvalue weighted by Gasteiger charge is 2.44. The van der Waals surface area contributed by atoms with E-state index in [0.717, 1.165) is 34.5 Å². The maximum Gasteiger partial charge on any atom is 0.233 e. The van der Waals surface area contributed by atoms with Gasteiger partial charge in [-0.25, -0.2) is 0 Å². The number of anilines is 1. The molecule has 26 heavy (non-hydrogen) atoms. The van der Waals surface area contributed by atoms with Crippen molar-refractivity contribution in [2.24, 2.45) is 5.41 Å². The number of fused-ring (bicyclic) bond motifs is 1. The molecular formula is C21H25N3O2. The van der Waals surface area contributed by atoms with Crippen molar-refractivity contribution in [3.05, 3.63) is 52.6 Å². The normalized spacial score (nSPS) is 21.9. The number of allylic oxidation sites excluding steroid dienone is 2. The molecule has 3 heterocycles. The van der Waals surface area contributed by atoms with Gasteiger partial charge in [-0.15, -0.1) is 0 Å². The first kappa shape index (κ1) is 17.0. The van der Waals surface area contributed by atoms with Crippen LogP contribution in [0.25, 0.3) is 0 Å². The number of carbonyl (C=O) groups excluding carboxylic acids is 1. The van der Waals surface area contributed by atoms with E-state index >= 15 is 0 Å². The van der Waals surface area contributed by atoms with Gasteiger partial charge in [0.15, 0.2) is 5.78 Å². The summed E-state index contributed by atoms with van der Waals surface area (Å²) in [6.07, 6.45) is 4.97. The van der Waals surface area contributed by atoms with E-state index in [-0.39, 0.29) is 22.5 Å². The molecule has 0 aromatic carbocycles. The molecule has 0 fully saturated rings. The lowest BCUT2D eigenvalue weighted by molar-refractivity contribution is -0.118. The van der Waals surface area contributed by atoms with Crippen LogP contribution in [0.2, 0.25) is 0 Å². The third-order valence-corrected chi connectivity index (χ3v) is 5.22. The topological polar surface area (TPSA) is 68.0 Å². The predicted octanol–water partition coefficient (Wildman–Crippen LogP) is 4.57. The zero-order valence-electron chi connectivity index (χ0n) is 16.0. The summed E-state index contributed by atoms with van der Waals surface area (Å²) in [5.74, 6) is 0.677. The van der Waals surface area contributed by atoms with Crippen molar-refractivity contribution in [2.75, 3.05) is 5.32 Å². The number of aromatic nitrogens is 2. The van der Waals surface area contributed by atoms with Gasteiger partial charge in [-0.1, -0.05) is 45.8 Å². The third kappa shape index (κ3) is 2.66. The van der Waals surface area contributed by atoms with Crippen molar-refractivity contribution in [3.8, 4) is 0 Å². The van der Waals surface area contributed by atoms with Gasteiger partial charge < -0.3 is 9.84 Å². The number of rotatable bonds is 1. The van der Waals surface area contributed by atoms with E-state index in [4.69, 9.17) is 4.52 Å². The van der Waals surface area contributed by atoms with E-state index in [0.29, 0.717) is 12.3 Å². The fourth-order valence-electron chi connectivity index (χ4n) is 4.14. The summed E-state index contributed by atoms with van der Waals surface area (Å²) in [7, 11) is 0. The number of hydrogen-bond donors (Lipinski definition) is 1. The summed E-state index contributed by atoms with van der Waals surface area (Å²) < 4.78 is 5.69.